The topological polar surface area (TPSA) is 76.7 Å². The lowest BCUT2D eigenvalue weighted by molar-refractivity contribution is 0.0846. The van der Waals surface area contributed by atoms with Gasteiger partial charge < -0.3 is 9.47 Å². The number of carbonyl (C=O) groups excluding carboxylic acids is 2. The summed E-state index contributed by atoms with van der Waals surface area (Å²) in [4.78, 5) is 24.9. The van der Waals surface area contributed by atoms with Crippen LogP contribution >= 0.6 is 0 Å². The first-order valence-corrected chi connectivity index (χ1v) is 8.83. The molecule has 3 aromatic rings. The van der Waals surface area contributed by atoms with E-state index in [0.717, 1.165) is 11.1 Å². The van der Waals surface area contributed by atoms with Crippen molar-refractivity contribution in [1.29, 1.82) is 0 Å². The van der Waals surface area contributed by atoms with E-state index in [4.69, 9.17) is 9.47 Å². The average molecular weight is 374 g/mol. The van der Waals surface area contributed by atoms with Gasteiger partial charge in [-0.3, -0.25) is 20.4 Å². The summed E-state index contributed by atoms with van der Waals surface area (Å²) in [6.45, 7) is 0.134. The first kappa shape index (κ1) is 17.6. The van der Waals surface area contributed by atoms with E-state index in [9.17, 15) is 9.59 Å². The minimum absolute atomic E-state index is 0.134. The Kier molecular flexibility index (Phi) is 4.93. The lowest BCUT2D eigenvalue weighted by Crippen LogP contribution is -2.42. The smallest absolute Gasteiger partial charge is 0.269 e. The van der Waals surface area contributed by atoms with Gasteiger partial charge in [0.25, 0.3) is 11.8 Å². The Morgan fingerprint density at radius 1 is 0.786 bits per heavy atom. The summed E-state index contributed by atoms with van der Waals surface area (Å²) < 4.78 is 10.5. The Morgan fingerprint density at radius 2 is 1.50 bits per heavy atom. The van der Waals surface area contributed by atoms with Crippen LogP contribution in [0.15, 0.2) is 72.8 Å². The van der Waals surface area contributed by atoms with Crippen LogP contribution in [0.25, 0.3) is 0 Å². The van der Waals surface area contributed by atoms with Crippen LogP contribution in [0.1, 0.15) is 31.8 Å². The van der Waals surface area contributed by atoms with Gasteiger partial charge in [-0.2, -0.15) is 0 Å². The molecule has 1 aliphatic heterocycles. The zero-order valence-corrected chi connectivity index (χ0v) is 15.0. The molecule has 4 rings (SSSR count). The van der Waals surface area contributed by atoms with Gasteiger partial charge in [0.2, 0.25) is 6.79 Å². The average Bonchev–Trinajstić information content (AvgIpc) is 3.21. The molecule has 6 heteroatoms. The molecule has 2 N–H and O–H groups in total. The Balaban J connectivity index is 1.43. The molecule has 0 spiro atoms. The molecular weight excluding hydrogens is 356 g/mol. The van der Waals surface area contributed by atoms with Crippen molar-refractivity contribution in [2.75, 3.05) is 6.79 Å². The van der Waals surface area contributed by atoms with Crippen LogP contribution in [0.2, 0.25) is 0 Å². The van der Waals surface area contributed by atoms with Crippen molar-refractivity contribution in [2.24, 2.45) is 0 Å². The summed E-state index contributed by atoms with van der Waals surface area (Å²) in [6.07, 6.45) is 0.626. The molecule has 0 aliphatic carbocycles. The van der Waals surface area contributed by atoms with Crippen LogP contribution in [0.3, 0.4) is 0 Å². The highest BCUT2D eigenvalue weighted by Gasteiger charge is 2.17. The van der Waals surface area contributed by atoms with Gasteiger partial charge in [0.05, 0.1) is 0 Å². The SMILES string of the molecule is O=C(NNC(=O)c1ccccc1Cc1ccccc1)c1ccc2c(c1)OCO2. The van der Waals surface area contributed by atoms with Crippen molar-refractivity contribution in [3.05, 3.63) is 95.1 Å². The molecule has 0 unspecified atom stereocenters. The second-order valence-electron chi connectivity index (χ2n) is 6.30. The molecule has 140 valence electrons. The Morgan fingerprint density at radius 3 is 2.36 bits per heavy atom. The number of nitrogens with one attached hydrogen (secondary N) is 2. The summed E-state index contributed by atoms with van der Waals surface area (Å²) in [5.41, 5.74) is 7.78. The molecule has 0 aromatic heterocycles. The van der Waals surface area contributed by atoms with E-state index in [1.165, 1.54) is 0 Å². The molecule has 6 nitrogen and oxygen atoms in total. The molecule has 1 aliphatic rings. The molecule has 1 heterocycles. The second-order valence-corrected chi connectivity index (χ2v) is 6.30. The van der Waals surface area contributed by atoms with Crippen LogP contribution in [0.5, 0.6) is 11.5 Å². The number of fused-ring (bicyclic) bond motifs is 1. The quantitative estimate of drug-likeness (QED) is 0.688. The highest BCUT2D eigenvalue weighted by atomic mass is 16.7. The first-order valence-electron chi connectivity index (χ1n) is 8.83. The van der Waals surface area contributed by atoms with Crippen LogP contribution in [-0.4, -0.2) is 18.6 Å². The van der Waals surface area contributed by atoms with E-state index >= 15 is 0 Å². The predicted octanol–water partition coefficient (Wildman–Crippen LogP) is 3.08. The Labute approximate surface area is 162 Å². The fourth-order valence-corrected chi connectivity index (χ4v) is 3.00. The third-order valence-electron chi connectivity index (χ3n) is 4.42. The minimum atomic E-state index is -0.438. The van der Waals surface area contributed by atoms with Gasteiger partial charge in [-0.15, -0.1) is 0 Å². The van der Waals surface area contributed by atoms with Crippen LogP contribution in [0.4, 0.5) is 0 Å². The van der Waals surface area contributed by atoms with Gasteiger partial charge in [0, 0.05) is 11.1 Å². The maximum atomic E-state index is 12.6. The van der Waals surface area contributed by atoms with Gasteiger partial charge in [-0.1, -0.05) is 48.5 Å². The number of amides is 2. The Hall–Kier alpha value is -3.80. The van der Waals surface area contributed by atoms with Gasteiger partial charge >= 0.3 is 0 Å². The third kappa shape index (κ3) is 3.81. The molecule has 2 amide bonds. The largest absolute Gasteiger partial charge is 0.454 e. The van der Waals surface area contributed by atoms with Crippen LogP contribution in [0, 0.1) is 0 Å². The summed E-state index contributed by atoms with van der Waals surface area (Å²) in [6, 6.07) is 22.1. The first-order chi connectivity index (χ1) is 13.7. The molecule has 0 radical (unpaired) electrons. The predicted molar refractivity (Wildman–Crippen MR) is 103 cm³/mol. The lowest BCUT2D eigenvalue weighted by Gasteiger charge is -2.11. The fourth-order valence-electron chi connectivity index (χ4n) is 3.00. The summed E-state index contributed by atoms with van der Waals surface area (Å²) in [7, 11) is 0. The van der Waals surface area contributed by atoms with E-state index in [0.29, 0.717) is 29.0 Å². The van der Waals surface area contributed by atoms with Gasteiger partial charge in [0.15, 0.2) is 11.5 Å². The molecule has 3 aromatic carbocycles. The van der Waals surface area contributed by atoms with E-state index < -0.39 is 5.91 Å². The zero-order valence-electron chi connectivity index (χ0n) is 15.0. The zero-order chi connectivity index (χ0) is 19.3. The molecule has 0 fully saturated rings. The number of hydrogen-bond acceptors (Lipinski definition) is 4. The van der Waals surface area contributed by atoms with Gasteiger partial charge in [0.1, 0.15) is 0 Å². The maximum absolute atomic E-state index is 12.6. The summed E-state index contributed by atoms with van der Waals surface area (Å²) >= 11 is 0. The number of hydrogen-bond donors (Lipinski definition) is 2. The molecule has 0 saturated carbocycles. The van der Waals surface area contributed by atoms with Crippen molar-refractivity contribution >= 4 is 11.8 Å². The normalized spacial score (nSPS) is 11.7. The second kappa shape index (κ2) is 7.84. The van der Waals surface area contributed by atoms with E-state index in [1.54, 1.807) is 30.3 Å². The number of benzene rings is 3. The van der Waals surface area contributed by atoms with Gasteiger partial charge in [-0.05, 0) is 41.8 Å². The number of carbonyl (C=O) groups is 2. The van der Waals surface area contributed by atoms with E-state index in [-0.39, 0.29) is 12.7 Å². The monoisotopic (exact) mass is 374 g/mol. The number of rotatable bonds is 4. The van der Waals surface area contributed by atoms with Crippen molar-refractivity contribution in [3.8, 4) is 11.5 Å². The van der Waals surface area contributed by atoms with Crippen molar-refractivity contribution < 1.29 is 19.1 Å². The highest BCUT2D eigenvalue weighted by molar-refractivity contribution is 6.00. The van der Waals surface area contributed by atoms with Crippen LogP contribution < -0.4 is 20.3 Å². The van der Waals surface area contributed by atoms with Crippen molar-refractivity contribution in [2.45, 2.75) is 6.42 Å². The minimum Gasteiger partial charge on any atom is -0.454 e. The molecule has 0 bridgehead atoms. The fraction of sp³-hybridized carbons (Fsp3) is 0.0909. The van der Waals surface area contributed by atoms with Crippen molar-refractivity contribution in [3.63, 3.8) is 0 Å². The Bertz CT molecular complexity index is 1020. The number of ether oxygens (including phenoxy) is 2. The molecular formula is C22H18N2O4. The highest BCUT2D eigenvalue weighted by Crippen LogP contribution is 2.32. The molecule has 0 atom stereocenters. The molecule has 0 saturated heterocycles. The molecule has 28 heavy (non-hydrogen) atoms. The van der Waals surface area contributed by atoms with E-state index in [2.05, 4.69) is 10.9 Å². The van der Waals surface area contributed by atoms with Crippen molar-refractivity contribution in [1.82, 2.24) is 10.9 Å². The third-order valence-corrected chi connectivity index (χ3v) is 4.42. The number of hydrazine groups is 1. The standard InChI is InChI=1S/C22H18N2O4/c25-21(17-10-11-19-20(13-17)28-14-27-19)23-24-22(26)18-9-5-4-8-16(18)12-15-6-2-1-3-7-15/h1-11,13H,12,14H2,(H,23,25)(H,24,26). The van der Waals surface area contributed by atoms with E-state index in [1.807, 2.05) is 42.5 Å². The summed E-state index contributed by atoms with van der Waals surface area (Å²) in [5.74, 6) is 0.287. The van der Waals surface area contributed by atoms with Gasteiger partial charge in [-0.25, -0.2) is 0 Å². The summed E-state index contributed by atoms with van der Waals surface area (Å²) in [5, 5.41) is 0. The lowest BCUT2D eigenvalue weighted by atomic mass is 9.99. The van der Waals surface area contributed by atoms with Crippen LogP contribution in [-0.2, 0) is 6.42 Å². The maximum Gasteiger partial charge on any atom is 0.269 e.